The molecule has 0 aliphatic heterocycles. The molecule has 0 aromatic heterocycles. The Morgan fingerprint density at radius 1 is 2.00 bits per heavy atom. The van der Waals surface area contributed by atoms with E-state index in [4.69, 9.17) is 5.73 Å². The van der Waals surface area contributed by atoms with Crippen LogP contribution in [-0.4, -0.2) is 11.2 Å². The van der Waals surface area contributed by atoms with Crippen molar-refractivity contribution in [3.8, 4) is 0 Å². The lowest BCUT2D eigenvalue weighted by Crippen LogP contribution is -2.21. The Hall–Kier alpha value is -0.0500. The molecule has 2 nitrogen and oxygen atoms in total. The fourth-order valence-corrected chi connectivity index (χ4v) is 0.395. The van der Waals surface area contributed by atoms with Crippen LogP contribution in [0.25, 0.3) is 0 Å². The largest absolute Gasteiger partial charge is 0.369 e. The summed E-state index contributed by atoms with van der Waals surface area (Å²) in [5.74, 6) is -0.295. The Balaban J connectivity index is 3.34. The molecule has 1 unspecified atom stereocenters. The number of hydrogen-bond acceptors (Lipinski definition) is 1. The highest BCUT2D eigenvalue weighted by Crippen LogP contribution is 1.96. The molecule has 3 heteroatoms. The van der Waals surface area contributed by atoms with Gasteiger partial charge in [0.2, 0.25) is 5.91 Å². The Morgan fingerprint density at radius 2 is 2.43 bits per heavy atom. The molecule has 1 atom stereocenters. The number of carbonyl (C=O) groups is 1. The molecule has 2 N–H and O–H groups in total. The highest BCUT2D eigenvalue weighted by Gasteiger charge is 2.03. The van der Waals surface area contributed by atoms with Crippen molar-refractivity contribution in [1.82, 2.24) is 0 Å². The van der Waals surface area contributed by atoms with E-state index >= 15 is 0 Å². The van der Waals surface area contributed by atoms with Crippen molar-refractivity contribution in [3.05, 3.63) is 0 Å². The summed E-state index contributed by atoms with van der Waals surface area (Å²) in [6.45, 7) is 1.77. The lowest BCUT2D eigenvalue weighted by molar-refractivity contribution is -0.120. The fourth-order valence-electron chi connectivity index (χ4n) is 0.0760. The number of amides is 1. The van der Waals surface area contributed by atoms with Gasteiger partial charge >= 0.3 is 0 Å². The van der Waals surface area contributed by atoms with Gasteiger partial charge in [0.05, 0.1) is 0 Å². The summed E-state index contributed by atoms with van der Waals surface area (Å²) in [4.78, 5) is 10.1. The Labute approximate surface area is 51.2 Å². The van der Waals surface area contributed by atoms with Crippen LogP contribution in [0.2, 0.25) is 0 Å². The van der Waals surface area contributed by atoms with Gasteiger partial charge < -0.3 is 5.73 Å². The van der Waals surface area contributed by atoms with Gasteiger partial charge in [0, 0.05) is 11.2 Å². The minimum atomic E-state index is -0.253. The maximum Gasteiger partial charge on any atom is 0.221 e. The Morgan fingerprint density at radius 3 is 2.43 bits per heavy atom. The van der Waals surface area contributed by atoms with Crippen LogP contribution in [0.3, 0.4) is 0 Å². The second kappa shape index (κ2) is 3.02. The third kappa shape index (κ3) is 2.62. The van der Waals surface area contributed by atoms with E-state index in [1.807, 2.05) is 0 Å². The van der Waals surface area contributed by atoms with E-state index in [1.54, 1.807) is 6.92 Å². The van der Waals surface area contributed by atoms with Crippen molar-refractivity contribution in [2.75, 3.05) is 5.33 Å². The molecule has 0 aromatic carbocycles. The number of alkyl halides is 1. The normalized spacial score (nSPS) is 13.4. The summed E-state index contributed by atoms with van der Waals surface area (Å²) < 4.78 is 0. The first-order chi connectivity index (χ1) is 3.18. The highest BCUT2D eigenvalue weighted by atomic mass is 79.9. The molecule has 0 aromatic rings. The van der Waals surface area contributed by atoms with Crippen LogP contribution in [0, 0.1) is 5.92 Å². The third-order valence-electron chi connectivity index (χ3n) is 0.717. The SMILES string of the molecule is CC(CBr)C(N)=O. The first-order valence-corrected chi connectivity index (χ1v) is 3.16. The summed E-state index contributed by atoms with van der Waals surface area (Å²) in [5, 5.41) is 0.655. The second-order valence-corrected chi connectivity index (χ2v) is 2.11. The molecule has 0 rings (SSSR count). The number of primary amides is 1. The minimum Gasteiger partial charge on any atom is -0.369 e. The molecule has 0 saturated heterocycles. The molecular weight excluding hydrogens is 158 g/mol. The molecule has 42 valence electrons. The van der Waals surface area contributed by atoms with Crippen LogP contribution in [0.5, 0.6) is 0 Å². The van der Waals surface area contributed by atoms with Crippen molar-refractivity contribution in [2.45, 2.75) is 6.92 Å². The zero-order chi connectivity index (χ0) is 5.86. The van der Waals surface area contributed by atoms with E-state index in [-0.39, 0.29) is 11.8 Å². The predicted molar refractivity (Wildman–Crippen MR) is 32.2 cm³/mol. The van der Waals surface area contributed by atoms with Gasteiger partial charge in [-0.3, -0.25) is 4.79 Å². The molecule has 0 saturated carbocycles. The van der Waals surface area contributed by atoms with E-state index in [0.717, 1.165) is 0 Å². The quantitative estimate of drug-likeness (QED) is 0.596. The average Bonchev–Trinajstić information content (AvgIpc) is 1.65. The third-order valence-corrected chi connectivity index (χ3v) is 1.69. The van der Waals surface area contributed by atoms with Gasteiger partial charge in [-0.05, 0) is 0 Å². The molecule has 0 spiro atoms. The Kier molecular flexibility index (Phi) is 3.00. The van der Waals surface area contributed by atoms with Gasteiger partial charge in [-0.2, -0.15) is 0 Å². The standard InChI is InChI=1S/C4H8BrNO/c1-3(2-5)4(6)7/h3H,2H2,1H3,(H2,6,7). The van der Waals surface area contributed by atoms with Gasteiger partial charge in [-0.15, -0.1) is 0 Å². The number of rotatable bonds is 2. The summed E-state index contributed by atoms with van der Waals surface area (Å²) in [7, 11) is 0. The van der Waals surface area contributed by atoms with E-state index in [2.05, 4.69) is 15.9 Å². The molecule has 7 heavy (non-hydrogen) atoms. The van der Waals surface area contributed by atoms with E-state index < -0.39 is 0 Å². The molecule has 0 aliphatic carbocycles. The van der Waals surface area contributed by atoms with Gasteiger partial charge in [-0.1, -0.05) is 22.9 Å². The maximum atomic E-state index is 10.1. The van der Waals surface area contributed by atoms with E-state index in [0.29, 0.717) is 5.33 Å². The maximum absolute atomic E-state index is 10.1. The highest BCUT2D eigenvalue weighted by molar-refractivity contribution is 9.09. The van der Waals surface area contributed by atoms with Crippen molar-refractivity contribution < 1.29 is 4.79 Å². The summed E-state index contributed by atoms with van der Waals surface area (Å²) >= 11 is 3.11. The van der Waals surface area contributed by atoms with Crippen molar-refractivity contribution in [3.63, 3.8) is 0 Å². The van der Waals surface area contributed by atoms with Gasteiger partial charge in [0.15, 0.2) is 0 Å². The first kappa shape index (κ1) is 6.95. The molecule has 0 aliphatic rings. The van der Waals surface area contributed by atoms with Crippen LogP contribution in [0.4, 0.5) is 0 Å². The lowest BCUT2D eigenvalue weighted by atomic mass is 10.2. The van der Waals surface area contributed by atoms with Crippen LogP contribution in [-0.2, 0) is 4.79 Å². The van der Waals surface area contributed by atoms with Crippen LogP contribution in [0.15, 0.2) is 0 Å². The van der Waals surface area contributed by atoms with E-state index in [1.165, 1.54) is 0 Å². The number of nitrogens with two attached hydrogens (primary N) is 1. The summed E-state index contributed by atoms with van der Waals surface area (Å²) in [6, 6.07) is 0. The fraction of sp³-hybridized carbons (Fsp3) is 0.750. The minimum absolute atomic E-state index is 0.0417. The summed E-state index contributed by atoms with van der Waals surface area (Å²) in [6.07, 6.45) is 0. The van der Waals surface area contributed by atoms with Crippen molar-refractivity contribution in [2.24, 2.45) is 11.7 Å². The van der Waals surface area contributed by atoms with Gasteiger partial charge in [-0.25, -0.2) is 0 Å². The molecule has 0 radical (unpaired) electrons. The second-order valence-electron chi connectivity index (χ2n) is 1.46. The molecule has 1 amide bonds. The monoisotopic (exact) mass is 165 g/mol. The zero-order valence-corrected chi connectivity index (χ0v) is 5.73. The smallest absolute Gasteiger partial charge is 0.221 e. The molecular formula is C4H8BrNO. The number of halogens is 1. The number of carbonyl (C=O) groups excluding carboxylic acids is 1. The predicted octanol–water partition coefficient (Wildman–Crippen LogP) is 0.503. The van der Waals surface area contributed by atoms with Gasteiger partial charge in [0.25, 0.3) is 0 Å². The van der Waals surface area contributed by atoms with Crippen LogP contribution in [0.1, 0.15) is 6.92 Å². The lowest BCUT2D eigenvalue weighted by Gasteiger charge is -1.96. The molecule has 0 bridgehead atoms. The average molecular weight is 166 g/mol. The van der Waals surface area contributed by atoms with Crippen LogP contribution >= 0.6 is 15.9 Å². The molecule has 0 fully saturated rings. The zero-order valence-electron chi connectivity index (χ0n) is 4.15. The van der Waals surface area contributed by atoms with Crippen LogP contribution < -0.4 is 5.73 Å². The topological polar surface area (TPSA) is 43.1 Å². The van der Waals surface area contributed by atoms with E-state index in [9.17, 15) is 4.79 Å². The van der Waals surface area contributed by atoms with Gasteiger partial charge in [0.1, 0.15) is 0 Å². The number of hydrogen-bond donors (Lipinski definition) is 1. The molecule has 0 heterocycles. The Bertz CT molecular complexity index is 74.1. The first-order valence-electron chi connectivity index (χ1n) is 2.03. The van der Waals surface area contributed by atoms with Crippen molar-refractivity contribution in [1.29, 1.82) is 0 Å². The van der Waals surface area contributed by atoms with Crippen molar-refractivity contribution >= 4 is 21.8 Å². The summed E-state index contributed by atoms with van der Waals surface area (Å²) in [5.41, 5.74) is 4.88.